The lowest BCUT2D eigenvalue weighted by molar-refractivity contribution is 0.434. The third-order valence-electron chi connectivity index (χ3n) is 4.32. The zero-order valence-electron chi connectivity index (χ0n) is 11.7. The number of hydrogen-bond donors (Lipinski definition) is 2. The normalized spacial score (nSPS) is 18.5. The van der Waals surface area contributed by atoms with Gasteiger partial charge in [0, 0.05) is 12.0 Å². The van der Waals surface area contributed by atoms with Crippen LogP contribution in [0.3, 0.4) is 0 Å². The Morgan fingerprint density at radius 1 is 1.29 bits per heavy atom. The van der Waals surface area contributed by atoms with Crippen molar-refractivity contribution in [1.82, 2.24) is 5.43 Å². The molecule has 2 unspecified atom stereocenters. The van der Waals surface area contributed by atoms with Crippen molar-refractivity contribution in [2.24, 2.45) is 5.84 Å². The fourth-order valence-electron chi connectivity index (χ4n) is 3.25. The first kappa shape index (κ1) is 14.5. The Bertz CT molecular complexity index is 644. The van der Waals surface area contributed by atoms with Crippen molar-refractivity contribution in [3.8, 4) is 0 Å². The molecular formula is C17H18ClFN2. The summed E-state index contributed by atoms with van der Waals surface area (Å²) in [5, 5.41) is 0.155. The first-order valence-corrected chi connectivity index (χ1v) is 7.54. The number of benzene rings is 2. The maximum atomic E-state index is 13.6. The van der Waals surface area contributed by atoms with E-state index in [0.29, 0.717) is 12.3 Å². The fourth-order valence-corrected chi connectivity index (χ4v) is 3.36. The van der Waals surface area contributed by atoms with Gasteiger partial charge in [-0.3, -0.25) is 11.3 Å². The predicted octanol–water partition coefficient (Wildman–Crippen LogP) is 3.58. The number of fused-ring (bicyclic) bond motifs is 1. The Morgan fingerprint density at radius 2 is 2.10 bits per heavy atom. The highest BCUT2D eigenvalue weighted by molar-refractivity contribution is 6.30. The van der Waals surface area contributed by atoms with Crippen LogP contribution in [0, 0.1) is 5.82 Å². The molecule has 1 aliphatic rings. The lowest BCUT2D eigenvalue weighted by Gasteiger charge is -2.24. The third kappa shape index (κ3) is 2.95. The van der Waals surface area contributed by atoms with Crippen molar-refractivity contribution in [2.75, 3.05) is 0 Å². The number of nitrogens with one attached hydrogen (secondary N) is 1. The predicted molar refractivity (Wildman–Crippen MR) is 83.7 cm³/mol. The second-order valence-electron chi connectivity index (χ2n) is 5.57. The molecule has 0 amide bonds. The number of nitrogens with two attached hydrogens (primary N) is 1. The zero-order chi connectivity index (χ0) is 14.8. The van der Waals surface area contributed by atoms with Crippen LogP contribution in [0.15, 0.2) is 42.5 Å². The lowest BCUT2D eigenvalue weighted by atomic mass is 9.89. The Kier molecular flexibility index (Phi) is 4.24. The van der Waals surface area contributed by atoms with Crippen molar-refractivity contribution in [2.45, 2.75) is 31.2 Å². The van der Waals surface area contributed by atoms with Gasteiger partial charge in [-0.15, -0.1) is 0 Å². The van der Waals surface area contributed by atoms with Gasteiger partial charge in [-0.25, -0.2) is 4.39 Å². The Labute approximate surface area is 129 Å². The summed E-state index contributed by atoms with van der Waals surface area (Å²) in [5.41, 5.74) is 6.57. The monoisotopic (exact) mass is 304 g/mol. The number of halogens is 2. The minimum atomic E-state index is -0.378. The van der Waals surface area contributed by atoms with Crippen LogP contribution >= 0.6 is 11.6 Å². The quantitative estimate of drug-likeness (QED) is 0.669. The summed E-state index contributed by atoms with van der Waals surface area (Å²) in [7, 11) is 0. The zero-order valence-corrected chi connectivity index (χ0v) is 12.4. The molecule has 0 aromatic heterocycles. The average Bonchev–Trinajstić information content (AvgIpc) is 2.92. The summed E-state index contributed by atoms with van der Waals surface area (Å²) in [6.07, 6.45) is 2.84. The average molecular weight is 305 g/mol. The molecule has 0 heterocycles. The molecule has 3 rings (SSSR count). The summed E-state index contributed by atoms with van der Waals surface area (Å²) in [5.74, 6) is 5.74. The number of aryl methyl sites for hydroxylation is 1. The number of rotatable bonds is 4. The SMILES string of the molecule is NNC(Cc1ccc(Cl)c(F)c1)C1CCc2ccccc21. The van der Waals surface area contributed by atoms with Crippen molar-refractivity contribution < 1.29 is 4.39 Å². The van der Waals surface area contributed by atoms with Crippen molar-refractivity contribution in [3.05, 3.63) is 70.0 Å². The van der Waals surface area contributed by atoms with Crippen molar-refractivity contribution in [1.29, 1.82) is 0 Å². The summed E-state index contributed by atoms with van der Waals surface area (Å²) < 4.78 is 13.6. The molecule has 0 aliphatic heterocycles. The number of hydrogen-bond acceptors (Lipinski definition) is 2. The molecule has 2 aromatic carbocycles. The van der Waals surface area contributed by atoms with Gasteiger partial charge in [0.1, 0.15) is 5.82 Å². The molecule has 21 heavy (non-hydrogen) atoms. The van der Waals surface area contributed by atoms with Gasteiger partial charge in [0.2, 0.25) is 0 Å². The van der Waals surface area contributed by atoms with Crippen molar-refractivity contribution >= 4 is 11.6 Å². The van der Waals surface area contributed by atoms with Crippen LogP contribution in [0.1, 0.15) is 29.0 Å². The molecule has 3 N–H and O–H groups in total. The topological polar surface area (TPSA) is 38.0 Å². The summed E-state index contributed by atoms with van der Waals surface area (Å²) in [6.45, 7) is 0. The first-order valence-electron chi connectivity index (χ1n) is 7.17. The van der Waals surface area contributed by atoms with Gasteiger partial charge >= 0.3 is 0 Å². The van der Waals surface area contributed by atoms with E-state index < -0.39 is 0 Å². The molecule has 2 atom stereocenters. The van der Waals surface area contributed by atoms with Crippen molar-refractivity contribution in [3.63, 3.8) is 0 Å². The van der Waals surface area contributed by atoms with E-state index in [1.807, 2.05) is 6.07 Å². The van der Waals surface area contributed by atoms with Crippen LogP contribution in [0.25, 0.3) is 0 Å². The molecule has 0 radical (unpaired) electrons. The van der Waals surface area contributed by atoms with E-state index in [0.717, 1.165) is 18.4 Å². The van der Waals surface area contributed by atoms with Crippen LogP contribution in [0.5, 0.6) is 0 Å². The molecule has 0 saturated carbocycles. The second kappa shape index (κ2) is 6.14. The highest BCUT2D eigenvalue weighted by Crippen LogP contribution is 2.36. The van der Waals surface area contributed by atoms with Gasteiger partial charge in [-0.2, -0.15) is 0 Å². The lowest BCUT2D eigenvalue weighted by Crippen LogP contribution is -2.40. The van der Waals surface area contributed by atoms with Gasteiger partial charge in [0.05, 0.1) is 5.02 Å². The highest BCUT2D eigenvalue weighted by Gasteiger charge is 2.29. The van der Waals surface area contributed by atoms with Gasteiger partial charge < -0.3 is 0 Å². The summed E-state index contributed by atoms with van der Waals surface area (Å²) in [6, 6.07) is 13.5. The molecule has 1 aliphatic carbocycles. The molecule has 0 fully saturated rings. The fraction of sp³-hybridized carbons (Fsp3) is 0.294. The first-order chi connectivity index (χ1) is 10.2. The Balaban J connectivity index is 1.81. The largest absolute Gasteiger partial charge is 0.271 e. The molecule has 2 nitrogen and oxygen atoms in total. The summed E-state index contributed by atoms with van der Waals surface area (Å²) >= 11 is 5.73. The molecule has 0 spiro atoms. The van der Waals surface area contributed by atoms with Crippen LogP contribution in [-0.2, 0) is 12.8 Å². The standard InChI is InChI=1S/C17H18ClFN2/c18-15-8-5-11(9-16(15)19)10-17(21-20)14-7-6-12-3-1-2-4-13(12)14/h1-5,8-9,14,17,21H,6-7,10,20H2. The van der Waals surface area contributed by atoms with E-state index in [1.165, 1.54) is 17.2 Å². The molecule has 2 aromatic rings. The van der Waals surface area contributed by atoms with Crippen LogP contribution in [0.2, 0.25) is 5.02 Å². The molecule has 4 heteroatoms. The Hall–Kier alpha value is -1.42. The molecule has 110 valence electrons. The van der Waals surface area contributed by atoms with Crippen LogP contribution < -0.4 is 11.3 Å². The minimum absolute atomic E-state index is 0.0919. The maximum Gasteiger partial charge on any atom is 0.142 e. The third-order valence-corrected chi connectivity index (χ3v) is 4.63. The summed E-state index contributed by atoms with van der Waals surface area (Å²) in [4.78, 5) is 0. The van der Waals surface area contributed by atoms with E-state index in [1.54, 1.807) is 6.07 Å². The Morgan fingerprint density at radius 3 is 2.86 bits per heavy atom. The van der Waals surface area contributed by atoms with Crippen LogP contribution in [0.4, 0.5) is 4.39 Å². The molecular weight excluding hydrogens is 287 g/mol. The maximum absolute atomic E-state index is 13.6. The van der Waals surface area contributed by atoms with Crippen LogP contribution in [-0.4, -0.2) is 6.04 Å². The molecule has 0 bridgehead atoms. The van der Waals surface area contributed by atoms with Gasteiger partial charge in [-0.1, -0.05) is 41.9 Å². The number of hydrazine groups is 1. The van der Waals surface area contributed by atoms with Gasteiger partial charge in [0.15, 0.2) is 0 Å². The minimum Gasteiger partial charge on any atom is -0.271 e. The smallest absolute Gasteiger partial charge is 0.142 e. The second-order valence-corrected chi connectivity index (χ2v) is 5.98. The van der Waals surface area contributed by atoms with Gasteiger partial charge in [-0.05, 0) is 48.1 Å². The van der Waals surface area contributed by atoms with E-state index in [4.69, 9.17) is 17.4 Å². The van der Waals surface area contributed by atoms with E-state index >= 15 is 0 Å². The molecule has 0 saturated heterocycles. The van der Waals surface area contributed by atoms with E-state index in [9.17, 15) is 4.39 Å². The van der Waals surface area contributed by atoms with E-state index in [2.05, 4.69) is 29.7 Å². The van der Waals surface area contributed by atoms with E-state index in [-0.39, 0.29) is 16.9 Å². The van der Waals surface area contributed by atoms with Gasteiger partial charge in [0.25, 0.3) is 0 Å². The highest BCUT2D eigenvalue weighted by atomic mass is 35.5.